The third-order valence-corrected chi connectivity index (χ3v) is 9.33. The molecular weight excluding hydrogens is 438 g/mol. The van der Waals surface area contributed by atoms with E-state index in [4.69, 9.17) is 0 Å². The fraction of sp³-hybridized carbons (Fsp3) is 0.476. The molecule has 1 unspecified atom stereocenters. The smallest absolute Gasteiger partial charge is 0.270 e. The molecule has 0 saturated carbocycles. The van der Waals surface area contributed by atoms with Gasteiger partial charge in [-0.3, -0.25) is 14.9 Å². The molecule has 166 valence electrons. The number of nitro groups is 1. The number of hydrogen-bond donors (Lipinski definition) is 0. The van der Waals surface area contributed by atoms with Gasteiger partial charge in [-0.1, -0.05) is 13.0 Å². The van der Waals surface area contributed by atoms with Crippen LogP contribution in [0, 0.1) is 23.0 Å². The van der Waals surface area contributed by atoms with Crippen LogP contribution in [0.1, 0.15) is 39.0 Å². The molecule has 1 aromatic heterocycles. The van der Waals surface area contributed by atoms with Gasteiger partial charge in [0.25, 0.3) is 11.6 Å². The fourth-order valence-electron chi connectivity index (χ4n) is 4.22. The van der Waals surface area contributed by atoms with E-state index in [1.165, 1.54) is 26.9 Å². The second-order valence-electron chi connectivity index (χ2n) is 8.31. The molecule has 10 heteroatoms. The zero-order chi connectivity index (χ0) is 22.3. The van der Waals surface area contributed by atoms with Gasteiger partial charge in [0.05, 0.1) is 14.7 Å². The summed E-state index contributed by atoms with van der Waals surface area (Å²) < 4.78 is 27.5. The Bertz CT molecular complexity index is 1130. The molecule has 1 aliphatic heterocycles. The monoisotopic (exact) mass is 463 g/mol. The maximum absolute atomic E-state index is 13.1. The van der Waals surface area contributed by atoms with Crippen LogP contribution in [0.3, 0.4) is 0 Å². The minimum Gasteiger partial charge on any atom is -0.335 e. The zero-order valence-electron chi connectivity index (χ0n) is 17.5. The first kappa shape index (κ1) is 21.9. The van der Waals surface area contributed by atoms with E-state index in [1.807, 2.05) is 6.07 Å². The molecule has 0 spiro atoms. The van der Waals surface area contributed by atoms with E-state index in [2.05, 4.69) is 6.92 Å². The van der Waals surface area contributed by atoms with Gasteiger partial charge in [-0.15, -0.1) is 11.3 Å². The van der Waals surface area contributed by atoms with Gasteiger partial charge in [-0.05, 0) is 49.3 Å². The highest BCUT2D eigenvalue weighted by Gasteiger charge is 2.33. The van der Waals surface area contributed by atoms with E-state index in [0.29, 0.717) is 24.6 Å². The van der Waals surface area contributed by atoms with Crippen molar-refractivity contribution in [1.82, 2.24) is 9.21 Å². The van der Waals surface area contributed by atoms with Crippen LogP contribution >= 0.6 is 11.3 Å². The third kappa shape index (κ3) is 4.24. The molecular formula is C21H25N3O5S2. The van der Waals surface area contributed by atoms with E-state index in [1.54, 1.807) is 23.2 Å². The molecule has 4 rings (SSSR count). The van der Waals surface area contributed by atoms with Crippen molar-refractivity contribution in [3.63, 3.8) is 0 Å². The second kappa shape index (κ2) is 8.33. The van der Waals surface area contributed by atoms with Crippen LogP contribution in [0.2, 0.25) is 0 Å². The minimum atomic E-state index is -3.88. The topological polar surface area (TPSA) is 101 Å². The van der Waals surface area contributed by atoms with Crippen molar-refractivity contribution >= 4 is 33.0 Å². The molecule has 1 aromatic carbocycles. The fourth-order valence-corrected chi connectivity index (χ4v) is 7.06. The van der Waals surface area contributed by atoms with Gasteiger partial charge in [0.1, 0.15) is 0 Å². The van der Waals surface area contributed by atoms with Crippen molar-refractivity contribution in [3.8, 4) is 0 Å². The average Bonchev–Trinajstić information content (AvgIpc) is 3.16. The summed E-state index contributed by atoms with van der Waals surface area (Å²) in [4.78, 5) is 27.1. The Morgan fingerprint density at radius 2 is 1.90 bits per heavy atom. The highest BCUT2D eigenvalue weighted by atomic mass is 32.2. The maximum atomic E-state index is 13.1. The summed E-state index contributed by atoms with van der Waals surface area (Å²) in [5.74, 6) is 0.590. The molecule has 0 N–H and O–H groups in total. The molecule has 31 heavy (non-hydrogen) atoms. The van der Waals surface area contributed by atoms with Crippen LogP contribution in [-0.4, -0.2) is 54.6 Å². The Balaban J connectivity index is 1.47. The number of thiophene rings is 1. The number of non-ortho nitro benzene ring substituents is 1. The first-order chi connectivity index (χ1) is 14.7. The third-order valence-electron chi connectivity index (χ3n) is 6.07. The lowest BCUT2D eigenvalue weighted by Crippen LogP contribution is -2.50. The molecule has 0 bridgehead atoms. The quantitative estimate of drug-likeness (QED) is 0.512. The van der Waals surface area contributed by atoms with Gasteiger partial charge in [0.2, 0.25) is 10.0 Å². The summed E-state index contributed by atoms with van der Waals surface area (Å²) >= 11 is 1.56. The van der Waals surface area contributed by atoms with Gasteiger partial charge < -0.3 is 4.90 Å². The molecule has 2 heterocycles. The van der Waals surface area contributed by atoms with Crippen molar-refractivity contribution < 1.29 is 18.1 Å². The van der Waals surface area contributed by atoms with Gasteiger partial charge in [-0.2, -0.15) is 4.31 Å². The summed E-state index contributed by atoms with van der Waals surface area (Å²) in [5, 5.41) is 11.1. The predicted octanol–water partition coefficient (Wildman–Crippen LogP) is 3.24. The summed E-state index contributed by atoms with van der Waals surface area (Å²) in [6, 6.07) is 5.86. The van der Waals surface area contributed by atoms with Gasteiger partial charge >= 0.3 is 0 Å². The van der Waals surface area contributed by atoms with Gasteiger partial charge in [0, 0.05) is 43.2 Å². The van der Waals surface area contributed by atoms with Crippen molar-refractivity contribution in [2.24, 2.45) is 5.92 Å². The number of sulfonamides is 1. The summed E-state index contributed by atoms with van der Waals surface area (Å²) in [5.41, 5.74) is 1.48. The SMILES string of the molecule is Cc1ccc([N+](=O)[O-])cc1S(=O)(=O)N1CCN(C(=O)c2cc3c(s2)CCC(C)C3)CC1. The highest BCUT2D eigenvalue weighted by Crippen LogP contribution is 2.33. The molecule has 1 amide bonds. The standard InChI is InChI=1S/C21H25N3O5S2/c1-14-3-6-18-16(11-14)12-19(30-18)21(25)22-7-9-23(10-8-22)31(28,29)20-13-17(24(26)27)5-4-15(20)2/h4-5,12-14H,3,6-11H2,1-2H3. The number of rotatable bonds is 4. The summed E-state index contributed by atoms with van der Waals surface area (Å²) in [6.45, 7) is 4.77. The number of carbonyl (C=O) groups is 1. The van der Waals surface area contributed by atoms with Crippen molar-refractivity contribution in [2.75, 3.05) is 26.2 Å². The predicted molar refractivity (Wildman–Crippen MR) is 118 cm³/mol. The van der Waals surface area contributed by atoms with Crippen LogP contribution < -0.4 is 0 Å². The van der Waals surface area contributed by atoms with Crippen LogP contribution in [0.15, 0.2) is 29.2 Å². The zero-order valence-corrected chi connectivity index (χ0v) is 19.2. The molecule has 1 saturated heterocycles. The molecule has 0 radical (unpaired) electrons. The van der Waals surface area contributed by atoms with Gasteiger partial charge in [0.15, 0.2) is 0 Å². The largest absolute Gasteiger partial charge is 0.335 e. The number of hydrogen-bond acceptors (Lipinski definition) is 6. The Kier molecular flexibility index (Phi) is 5.89. The number of piperazine rings is 1. The molecule has 8 nitrogen and oxygen atoms in total. The van der Waals surface area contributed by atoms with Crippen molar-refractivity contribution in [1.29, 1.82) is 0 Å². The number of nitro benzene ring substituents is 1. The van der Waals surface area contributed by atoms with Crippen molar-refractivity contribution in [2.45, 2.75) is 38.0 Å². The molecule has 2 aromatic rings. The average molecular weight is 464 g/mol. The van der Waals surface area contributed by atoms with E-state index < -0.39 is 14.9 Å². The second-order valence-corrected chi connectivity index (χ2v) is 11.4. The van der Waals surface area contributed by atoms with E-state index in [9.17, 15) is 23.3 Å². The highest BCUT2D eigenvalue weighted by molar-refractivity contribution is 7.89. The van der Waals surface area contributed by atoms with Crippen LogP contribution in [0.5, 0.6) is 0 Å². The van der Waals surface area contributed by atoms with Crippen molar-refractivity contribution in [3.05, 3.63) is 55.3 Å². The Labute approximate surface area is 185 Å². The molecule has 1 atom stereocenters. The number of aryl methyl sites for hydroxylation is 2. The van der Waals surface area contributed by atoms with E-state index >= 15 is 0 Å². The number of nitrogens with zero attached hydrogens (tertiary/aromatic N) is 3. The van der Waals surface area contributed by atoms with Crippen LogP contribution in [0.4, 0.5) is 5.69 Å². The Hall–Kier alpha value is -2.30. The lowest BCUT2D eigenvalue weighted by atomic mass is 9.90. The number of amides is 1. The summed E-state index contributed by atoms with van der Waals surface area (Å²) in [7, 11) is -3.88. The Morgan fingerprint density at radius 3 is 2.58 bits per heavy atom. The van der Waals surface area contributed by atoms with Gasteiger partial charge in [-0.25, -0.2) is 8.42 Å². The Morgan fingerprint density at radius 1 is 1.19 bits per heavy atom. The first-order valence-electron chi connectivity index (χ1n) is 10.3. The van der Waals surface area contributed by atoms with Crippen LogP contribution in [-0.2, 0) is 22.9 Å². The molecule has 2 aliphatic rings. The number of benzene rings is 1. The molecule has 1 aliphatic carbocycles. The lowest BCUT2D eigenvalue weighted by Gasteiger charge is -2.34. The maximum Gasteiger partial charge on any atom is 0.270 e. The number of carbonyl (C=O) groups excluding carboxylic acids is 1. The summed E-state index contributed by atoms with van der Waals surface area (Å²) in [6.07, 6.45) is 3.17. The molecule has 1 fully saturated rings. The van der Waals surface area contributed by atoms with E-state index in [-0.39, 0.29) is 29.6 Å². The number of fused-ring (bicyclic) bond motifs is 1. The first-order valence-corrected chi connectivity index (χ1v) is 12.6. The normalized spacial score (nSPS) is 19.8. The minimum absolute atomic E-state index is 0.0457. The van der Waals surface area contributed by atoms with Crippen LogP contribution in [0.25, 0.3) is 0 Å². The lowest BCUT2D eigenvalue weighted by molar-refractivity contribution is -0.385. The van der Waals surface area contributed by atoms with E-state index in [0.717, 1.165) is 30.2 Å².